The highest BCUT2D eigenvalue weighted by Gasteiger charge is 2.22. The van der Waals surface area contributed by atoms with Crippen LogP contribution in [0.25, 0.3) is 16.6 Å². The molecule has 194 valence electrons. The van der Waals surface area contributed by atoms with E-state index >= 15 is 0 Å². The molecular formula is C29H31N7O2. The van der Waals surface area contributed by atoms with Crippen molar-refractivity contribution in [2.75, 3.05) is 5.32 Å². The molecule has 0 spiro atoms. The van der Waals surface area contributed by atoms with Gasteiger partial charge in [0.05, 0.1) is 23.1 Å². The molecule has 9 heteroatoms. The molecule has 9 nitrogen and oxygen atoms in total. The molecule has 38 heavy (non-hydrogen) atoms. The van der Waals surface area contributed by atoms with Crippen LogP contribution in [-0.2, 0) is 19.0 Å². The molecule has 0 radical (unpaired) electrons. The number of amides is 2. The summed E-state index contributed by atoms with van der Waals surface area (Å²) in [6.07, 6.45) is 3.45. The minimum absolute atomic E-state index is 0.179. The van der Waals surface area contributed by atoms with E-state index in [1.54, 1.807) is 17.1 Å². The zero-order valence-electron chi connectivity index (χ0n) is 22.2. The Labute approximate surface area is 221 Å². The molecule has 0 saturated carbocycles. The Hall–Kier alpha value is -4.66. The van der Waals surface area contributed by atoms with Crippen LogP contribution in [0.2, 0.25) is 0 Å². The van der Waals surface area contributed by atoms with Crippen molar-refractivity contribution < 1.29 is 9.53 Å². The third-order valence-corrected chi connectivity index (χ3v) is 6.28. The predicted octanol–water partition coefficient (Wildman–Crippen LogP) is 5.87. The van der Waals surface area contributed by atoms with E-state index in [4.69, 9.17) is 9.84 Å². The number of rotatable bonds is 6. The van der Waals surface area contributed by atoms with Gasteiger partial charge < -0.3 is 10.1 Å². The van der Waals surface area contributed by atoms with Crippen LogP contribution in [0, 0.1) is 6.92 Å². The number of aryl methyl sites for hydroxylation is 2. The number of nitrogens with one attached hydrogen (secondary N) is 2. The van der Waals surface area contributed by atoms with Gasteiger partial charge in [-0.25, -0.2) is 14.5 Å². The molecule has 0 fully saturated rings. The number of para-hydroxylation sites is 1. The van der Waals surface area contributed by atoms with E-state index in [9.17, 15) is 4.79 Å². The summed E-state index contributed by atoms with van der Waals surface area (Å²) >= 11 is 0. The fourth-order valence-corrected chi connectivity index (χ4v) is 4.12. The average Bonchev–Trinajstić information content (AvgIpc) is 3.47. The number of pyridine rings is 1. The van der Waals surface area contributed by atoms with E-state index in [2.05, 4.69) is 41.5 Å². The van der Waals surface area contributed by atoms with Gasteiger partial charge in [0.2, 0.25) is 5.88 Å². The maximum absolute atomic E-state index is 13.0. The fraction of sp³-hybridized carbons (Fsp3) is 0.241. The lowest BCUT2D eigenvalue weighted by atomic mass is 9.92. The van der Waals surface area contributed by atoms with Crippen molar-refractivity contribution in [2.45, 2.75) is 39.7 Å². The van der Waals surface area contributed by atoms with Crippen LogP contribution in [0.5, 0.6) is 11.6 Å². The third-order valence-electron chi connectivity index (χ3n) is 6.28. The summed E-state index contributed by atoms with van der Waals surface area (Å²) in [4.78, 5) is 17.4. The van der Waals surface area contributed by atoms with Crippen molar-refractivity contribution in [3.05, 3.63) is 89.9 Å². The number of carbonyl (C=O) groups is 1. The van der Waals surface area contributed by atoms with Gasteiger partial charge in [-0.15, -0.1) is 0 Å². The fourth-order valence-electron chi connectivity index (χ4n) is 4.12. The number of fused-ring (bicyclic) bond motifs is 1. The summed E-state index contributed by atoms with van der Waals surface area (Å²) in [6, 6.07) is 18.9. The number of urea groups is 1. The lowest BCUT2D eigenvalue weighted by Crippen LogP contribution is -2.29. The van der Waals surface area contributed by atoms with Crippen molar-refractivity contribution >= 4 is 22.8 Å². The highest BCUT2D eigenvalue weighted by Crippen LogP contribution is 2.28. The number of anilines is 1. The third kappa shape index (κ3) is 5.22. The highest BCUT2D eigenvalue weighted by atomic mass is 16.5. The number of carbonyl (C=O) groups excluding carboxylic acids is 1. The summed E-state index contributed by atoms with van der Waals surface area (Å²) in [5.41, 5.74) is 4.42. The number of hydrogen-bond donors (Lipinski definition) is 2. The van der Waals surface area contributed by atoms with Gasteiger partial charge in [0, 0.05) is 42.2 Å². The SMILES string of the molecule is Cc1ccccc1-n1nc(C(C)(C)C)cc1NC(=O)NCc1cccnc1Oc1ccc2c(cnn2C)c1. The Bertz CT molecular complexity index is 1610. The molecule has 2 amide bonds. The number of hydrogen-bond acceptors (Lipinski definition) is 5. The average molecular weight is 510 g/mol. The Morgan fingerprint density at radius 3 is 2.66 bits per heavy atom. The highest BCUT2D eigenvalue weighted by molar-refractivity contribution is 5.88. The van der Waals surface area contributed by atoms with Gasteiger partial charge in [-0.1, -0.05) is 45.0 Å². The molecule has 2 aromatic carbocycles. The predicted molar refractivity (Wildman–Crippen MR) is 148 cm³/mol. The van der Waals surface area contributed by atoms with E-state index < -0.39 is 0 Å². The van der Waals surface area contributed by atoms with Crippen LogP contribution in [0.4, 0.5) is 10.6 Å². The standard InChI is InChI=1S/C29H31N7O2/c1-19-9-6-7-11-23(19)36-26(16-25(34-36)29(2,3)4)33-28(37)31-17-20-10-8-14-30-27(20)38-22-12-13-24-21(15-22)18-32-35(24)5/h6-16,18H,17H2,1-5H3,(H2,31,33,37). The number of nitrogens with zero attached hydrogens (tertiary/aromatic N) is 5. The van der Waals surface area contributed by atoms with Crippen molar-refractivity contribution in [1.82, 2.24) is 29.9 Å². The van der Waals surface area contributed by atoms with E-state index in [1.807, 2.05) is 79.3 Å². The second-order valence-electron chi connectivity index (χ2n) is 10.2. The summed E-state index contributed by atoms with van der Waals surface area (Å²) in [7, 11) is 1.90. The molecule has 5 aromatic rings. The zero-order chi connectivity index (χ0) is 26.9. The summed E-state index contributed by atoms with van der Waals surface area (Å²) < 4.78 is 9.66. The molecule has 0 aliphatic heterocycles. The molecule has 0 bridgehead atoms. The zero-order valence-corrected chi connectivity index (χ0v) is 22.2. The Morgan fingerprint density at radius 2 is 1.87 bits per heavy atom. The van der Waals surface area contributed by atoms with Crippen molar-refractivity contribution in [1.29, 1.82) is 0 Å². The summed E-state index contributed by atoms with van der Waals surface area (Å²) in [5, 5.41) is 15.9. The van der Waals surface area contributed by atoms with Gasteiger partial charge >= 0.3 is 6.03 Å². The molecule has 0 aliphatic rings. The van der Waals surface area contributed by atoms with Crippen LogP contribution in [0.15, 0.2) is 73.1 Å². The lowest BCUT2D eigenvalue weighted by Gasteiger charge is -2.14. The number of aromatic nitrogens is 5. The van der Waals surface area contributed by atoms with E-state index in [0.717, 1.165) is 33.4 Å². The molecule has 0 aliphatic carbocycles. The van der Waals surface area contributed by atoms with E-state index in [1.165, 1.54) is 0 Å². The maximum Gasteiger partial charge on any atom is 0.320 e. The van der Waals surface area contributed by atoms with Gasteiger partial charge in [0.25, 0.3) is 0 Å². The Kier molecular flexibility index (Phi) is 6.59. The monoisotopic (exact) mass is 509 g/mol. The van der Waals surface area contributed by atoms with Gasteiger partial charge in [-0.05, 0) is 42.8 Å². The normalized spacial score (nSPS) is 11.5. The second-order valence-corrected chi connectivity index (χ2v) is 10.2. The second kappa shape index (κ2) is 10.0. The van der Waals surface area contributed by atoms with E-state index in [-0.39, 0.29) is 18.0 Å². The first-order valence-corrected chi connectivity index (χ1v) is 12.4. The van der Waals surface area contributed by atoms with Crippen LogP contribution >= 0.6 is 0 Å². The Morgan fingerprint density at radius 1 is 1.05 bits per heavy atom. The topological polar surface area (TPSA) is 98.9 Å². The molecule has 3 aromatic heterocycles. The number of ether oxygens (including phenoxy) is 1. The Balaban J connectivity index is 1.32. The molecule has 0 atom stereocenters. The van der Waals surface area contributed by atoms with Crippen molar-refractivity contribution in [3.63, 3.8) is 0 Å². The molecular weight excluding hydrogens is 478 g/mol. The van der Waals surface area contributed by atoms with Crippen LogP contribution in [-0.4, -0.2) is 30.6 Å². The molecule has 0 unspecified atom stereocenters. The first kappa shape index (κ1) is 25.0. The molecule has 3 heterocycles. The first-order chi connectivity index (χ1) is 18.2. The van der Waals surface area contributed by atoms with Gasteiger partial charge in [-0.2, -0.15) is 10.2 Å². The van der Waals surface area contributed by atoms with E-state index in [0.29, 0.717) is 17.4 Å². The summed E-state index contributed by atoms with van der Waals surface area (Å²) in [6.45, 7) is 8.54. The molecule has 2 N–H and O–H groups in total. The smallest absolute Gasteiger partial charge is 0.320 e. The number of benzene rings is 2. The summed E-state index contributed by atoms with van der Waals surface area (Å²) in [5.74, 6) is 1.66. The molecule has 0 saturated heterocycles. The quantitative estimate of drug-likeness (QED) is 0.298. The maximum atomic E-state index is 13.0. The van der Waals surface area contributed by atoms with Gasteiger partial charge in [-0.3, -0.25) is 10.00 Å². The molecule has 5 rings (SSSR count). The minimum atomic E-state index is -0.355. The first-order valence-electron chi connectivity index (χ1n) is 12.4. The van der Waals surface area contributed by atoms with Crippen molar-refractivity contribution in [2.24, 2.45) is 7.05 Å². The largest absolute Gasteiger partial charge is 0.439 e. The van der Waals surface area contributed by atoms with Crippen molar-refractivity contribution in [3.8, 4) is 17.3 Å². The minimum Gasteiger partial charge on any atom is -0.439 e. The van der Waals surface area contributed by atoms with Crippen LogP contribution < -0.4 is 15.4 Å². The van der Waals surface area contributed by atoms with Gasteiger partial charge in [0.15, 0.2) is 0 Å². The van der Waals surface area contributed by atoms with Crippen LogP contribution in [0.1, 0.15) is 37.6 Å². The lowest BCUT2D eigenvalue weighted by molar-refractivity contribution is 0.251. The van der Waals surface area contributed by atoms with Gasteiger partial charge in [0.1, 0.15) is 11.6 Å². The van der Waals surface area contributed by atoms with Crippen LogP contribution in [0.3, 0.4) is 0 Å².